The first-order valence-electron chi connectivity index (χ1n) is 7.19. The summed E-state index contributed by atoms with van der Waals surface area (Å²) >= 11 is 0. The predicted octanol–water partition coefficient (Wildman–Crippen LogP) is 1.70. The number of amides is 2. The van der Waals surface area contributed by atoms with Gasteiger partial charge in [0.25, 0.3) is 5.91 Å². The zero-order valence-electron chi connectivity index (χ0n) is 12.5. The maximum Gasteiger partial charge on any atom is 0.273 e. The van der Waals surface area contributed by atoms with Crippen LogP contribution in [0.5, 0.6) is 0 Å². The Morgan fingerprint density at radius 1 is 1.57 bits per heavy atom. The first kappa shape index (κ1) is 15.3. The van der Waals surface area contributed by atoms with Gasteiger partial charge in [-0.25, -0.2) is 4.98 Å². The second-order valence-corrected chi connectivity index (χ2v) is 5.53. The summed E-state index contributed by atoms with van der Waals surface area (Å²) in [6.07, 6.45) is 4.39. The van der Waals surface area contributed by atoms with Crippen molar-refractivity contribution in [1.82, 2.24) is 15.2 Å². The van der Waals surface area contributed by atoms with Crippen LogP contribution in [-0.4, -0.2) is 40.8 Å². The number of oxazole rings is 1. The van der Waals surface area contributed by atoms with Crippen LogP contribution in [0.3, 0.4) is 0 Å². The molecule has 1 aliphatic heterocycles. The van der Waals surface area contributed by atoms with Crippen LogP contribution in [0, 0.1) is 0 Å². The molecule has 6 nitrogen and oxygen atoms in total. The summed E-state index contributed by atoms with van der Waals surface area (Å²) in [6.45, 7) is 8.60. The average molecular weight is 291 g/mol. The number of nitrogens with one attached hydrogen (secondary N) is 1. The third-order valence-corrected chi connectivity index (χ3v) is 3.49. The Kier molecular flexibility index (Phi) is 4.77. The summed E-state index contributed by atoms with van der Waals surface area (Å²) in [5, 5.41) is 2.91. The van der Waals surface area contributed by atoms with E-state index in [0.717, 1.165) is 12.8 Å². The molecule has 0 spiro atoms. The number of nitrogens with zero attached hydrogens (tertiary/aromatic N) is 2. The van der Waals surface area contributed by atoms with Gasteiger partial charge in [-0.15, -0.1) is 0 Å². The van der Waals surface area contributed by atoms with Crippen molar-refractivity contribution in [1.29, 1.82) is 0 Å². The van der Waals surface area contributed by atoms with Crippen molar-refractivity contribution in [3.8, 4) is 0 Å². The van der Waals surface area contributed by atoms with Crippen molar-refractivity contribution in [3.05, 3.63) is 30.5 Å². The molecule has 6 heteroatoms. The highest BCUT2D eigenvalue weighted by atomic mass is 16.3. The standard InChI is InChI=1S/C15H21N3O3/c1-4-13(19)18-7-5-6-11(8-18)16-14(20)12-9-21-15(17-12)10(2)3/h4,9-11H,1,5-8H2,2-3H3,(H,16,20)/t11-/m1/s1. The van der Waals surface area contributed by atoms with Crippen molar-refractivity contribution in [3.63, 3.8) is 0 Å². The Labute approximate surface area is 124 Å². The van der Waals surface area contributed by atoms with Crippen LogP contribution in [0.25, 0.3) is 0 Å². The molecular formula is C15H21N3O3. The highest BCUT2D eigenvalue weighted by Crippen LogP contribution is 2.14. The topological polar surface area (TPSA) is 75.4 Å². The van der Waals surface area contributed by atoms with Crippen molar-refractivity contribution < 1.29 is 14.0 Å². The maximum absolute atomic E-state index is 12.1. The smallest absolute Gasteiger partial charge is 0.273 e. The highest BCUT2D eigenvalue weighted by Gasteiger charge is 2.25. The number of hydrogen-bond acceptors (Lipinski definition) is 4. The lowest BCUT2D eigenvalue weighted by Gasteiger charge is -2.32. The molecule has 1 aromatic heterocycles. The summed E-state index contributed by atoms with van der Waals surface area (Å²) in [5.74, 6) is 0.329. The van der Waals surface area contributed by atoms with Gasteiger partial charge in [0.05, 0.1) is 0 Å². The molecule has 0 bridgehead atoms. The molecule has 0 saturated carbocycles. The van der Waals surface area contributed by atoms with Crippen LogP contribution < -0.4 is 5.32 Å². The molecule has 2 heterocycles. The van der Waals surface area contributed by atoms with E-state index in [-0.39, 0.29) is 29.5 Å². The minimum atomic E-state index is -0.261. The Balaban J connectivity index is 1.95. The largest absolute Gasteiger partial charge is 0.448 e. The number of carbonyl (C=O) groups is 2. The average Bonchev–Trinajstić information content (AvgIpc) is 2.97. The monoisotopic (exact) mass is 291 g/mol. The molecule has 1 fully saturated rings. The fourth-order valence-electron chi connectivity index (χ4n) is 2.34. The molecule has 21 heavy (non-hydrogen) atoms. The van der Waals surface area contributed by atoms with Crippen molar-refractivity contribution >= 4 is 11.8 Å². The van der Waals surface area contributed by atoms with Crippen LogP contribution in [0.15, 0.2) is 23.3 Å². The summed E-state index contributed by atoms with van der Waals surface area (Å²) in [5.41, 5.74) is 0.283. The number of carbonyl (C=O) groups excluding carboxylic acids is 2. The van der Waals surface area contributed by atoms with Crippen molar-refractivity contribution in [2.45, 2.75) is 38.6 Å². The molecule has 0 aromatic carbocycles. The molecule has 2 rings (SSSR count). The molecule has 1 N–H and O–H groups in total. The minimum absolute atomic E-state index is 0.0608. The lowest BCUT2D eigenvalue weighted by Crippen LogP contribution is -2.49. The molecule has 1 atom stereocenters. The van der Waals surface area contributed by atoms with Crippen LogP contribution in [-0.2, 0) is 4.79 Å². The van der Waals surface area contributed by atoms with E-state index in [1.807, 2.05) is 13.8 Å². The van der Waals surface area contributed by atoms with Gasteiger partial charge < -0.3 is 14.6 Å². The quantitative estimate of drug-likeness (QED) is 0.857. The fourth-order valence-corrected chi connectivity index (χ4v) is 2.34. The predicted molar refractivity (Wildman–Crippen MR) is 77.9 cm³/mol. The molecule has 0 radical (unpaired) electrons. The zero-order chi connectivity index (χ0) is 15.4. The molecule has 1 aromatic rings. The Morgan fingerprint density at radius 2 is 2.33 bits per heavy atom. The molecule has 114 valence electrons. The number of hydrogen-bond donors (Lipinski definition) is 1. The van der Waals surface area contributed by atoms with Gasteiger partial charge in [-0.2, -0.15) is 0 Å². The molecular weight excluding hydrogens is 270 g/mol. The van der Waals surface area contributed by atoms with Gasteiger partial charge in [0.15, 0.2) is 11.6 Å². The fraction of sp³-hybridized carbons (Fsp3) is 0.533. The van der Waals surface area contributed by atoms with Gasteiger partial charge >= 0.3 is 0 Å². The van der Waals surface area contributed by atoms with Gasteiger partial charge in [0.1, 0.15) is 6.26 Å². The Morgan fingerprint density at radius 3 is 2.95 bits per heavy atom. The second-order valence-electron chi connectivity index (χ2n) is 5.53. The van der Waals surface area contributed by atoms with E-state index in [1.54, 1.807) is 4.90 Å². The highest BCUT2D eigenvalue weighted by molar-refractivity contribution is 5.92. The SMILES string of the molecule is C=CC(=O)N1CCC[C@@H](NC(=O)c2coc(C(C)C)n2)C1. The molecule has 0 unspecified atom stereocenters. The van der Waals surface area contributed by atoms with Crippen molar-refractivity contribution in [2.75, 3.05) is 13.1 Å². The van der Waals surface area contributed by atoms with Crippen LogP contribution in [0.4, 0.5) is 0 Å². The molecule has 1 saturated heterocycles. The minimum Gasteiger partial charge on any atom is -0.448 e. The van der Waals surface area contributed by atoms with Gasteiger partial charge in [-0.3, -0.25) is 9.59 Å². The number of rotatable bonds is 4. The van der Waals surface area contributed by atoms with E-state index in [4.69, 9.17) is 4.42 Å². The van der Waals surface area contributed by atoms with E-state index >= 15 is 0 Å². The van der Waals surface area contributed by atoms with Gasteiger partial charge in [-0.05, 0) is 18.9 Å². The van der Waals surface area contributed by atoms with Gasteiger partial charge in [0.2, 0.25) is 5.91 Å². The molecule has 1 aliphatic rings. The summed E-state index contributed by atoms with van der Waals surface area (Å²) < 4.78 is 5.26. The zero-order valence-corrected chi connectivity index (χ0v) is 12.5. The Bertz CT molecular complexity index is 536. The van der Waals surface area contributed by atoms with Gasteiger partial charge in [0, 0.05) is 25.0 Å². The van der Waals surface area contributed by atoms with Crippen LogP contribution in [0.2, 0.25) is 0 Å². The van der Waals surface area contributed by atoms with E-state index in [0.29, 0.717) is 19.0 Å². The summed E-state index contributed by atoms with van der Waals surface area (Å²) in [6, 6.07) is -0.0608. The van der Waals surface area contributed by atoms with Crippen molar-refractivity contribution in [2.24, 2.45) is 0 Å². The van der Waals surface area contributed by atoms with Crippen LogP contribution >= 0.6 is 0 Å². The Hall–Kier alpha value is -2.11. The van der Waals surface area contributed by atoms with Gasteiger partial charge in [-0.1, -0.05) is 20.4 Å². The number of piperidine rings is 1. The lowest BCUT2D eigenvalue weighted by atomic mass is 10.1. The lowest BCUT2D eigenvalue weighted by molar-refractivity contribution is -0.127. The summed E-state index contributed by atoms with van der Waals surface area (Å²) in [7, 11) is 0. The van der Waals surface area contributed by atoms with E-state index in [9.17, 15) is 9.59 Å². The second kappa shape index (κ2) is 6.56. The first-order chi connectivity index (χ1) is 10.0. The third-order valence-electron chi connectivity index (χ3n) is 3.49. The van der Waals surface area contributed by atoms with E-state index < -0.39 is 0 Å². The van der Waals surface area contributed by atoms with Crippen LogP contribution in [0.1, 0.15) is 49.0 Å². The van der Waals surface area contributed by atoms with E-state index in [2.05, 4.69) is 16.9 Å². The number of aromatic nitrogens is 1. The third kappa shape index (κ3) is 3.71. The molecule has 2 amide bonds. The summed E-state index contributed by atoms with van der Waals surface area (Å²) in [4.78, 5) is 29.6. The number of likely N-dealkylation sites (tertiary alicyclic amines) is 1. The first-order valence-corrected chi connectivity index (χ1v) is 7.19. The molecule has 0 aliphatic carbocycles. The van der Waals surface area contributed by atoms with E-state index in [1.165, 1.54) is 12.3 Å². The normalized spacial score (nSPS) is 18.6. The maximum atomic E-state index is 12.1.